The van der Waals surface area contributed by atoms with E-state index < -0.39 is 0 Å². The van der Waals surface area contributed by atoms with E-state index in [1.165, 1.54) is 0 Å². The second kappa shape index (κ2) is 31.2. The van der Waals surface area contributed by atoms with Crippen molar-refractivity contribution < 1.29 is 32.7 Å². The first kappa shape index (κ1) is 35.0. The summed E-state index contributed by atoms with van der Waals surface area (Å²) < 4.78 is 0. The van der Waals surface area contributed by atoms with Crippen LogP contribution in [-0.2, 0) is 32.7 Å². The van der Waals surface area contributed by atoms with Gasteiger partial charge in [-0.3, -0.25) is 19.0 Å². The summed E-state index contributed by atoms with van der Waals surface area (Å²) in [5.74, 6) is 0. The molecule has 0 bridgehead atoms. The Kier molecular flexibility index (Phi) is 39.0. The molecule has 0 N–H and O–H groups in total. The molecular formula is C21H45N6Y. The fourth-order valence-electron chi connectivity index (χ4n) is 1.61. The average molecular weight is 471 g/mol. The van der Waals surface area contributed by atoms with Crippen molar-refractivity contribution in [2.24, 2.45) is 15.0 Å². The van der Waals surface area contributed by atoms with Crippen molar-refractivity contribution in [3.05, 3.63) is 0 Å². The van der Waals surface area contributed by atoms with Gasteiger partial charge in [-0.05, 0) is 79.7 Å². The van der Waals surface area contributed by atoms with Gasteiger partial charge in [-0.1, -0.05) is 41.5 Å². The Morgan fingerprint density at radius 1 is 0.429 bits per heavy atom. The Balaban J connectivity index is -0.000000152. The third-order valence-corrected chi connectivity index (χ3v) is 3.40. The Labute approximate surface area is 201 Å². The van der Waals surface area contributed by atoms with E-state index in [1.807, 2.05) is 35.5 Å². The van der Waals surface area contributed by atoms with Crippen molar-refractivity contribution >= 4 is 19.0 Å². The molecule has 0 saturated heterocycles. The van der Waals surface area contributed by atoms with Crippen molar-refractivity contribution in [2.45, 2.75) is 62.3 Å². The molecule has 0 aliphatic heterocycles. The predicted molar refractivity (Wildman–Crippen MR) is 123 cm³/mol. The third-order valence-electron chi connectivity index (χ3n) is 3.40. The van der Waals surface area contributed by atoms with Crippen LogP contribution in [0, 0.1) is 0 Å². The van der Waals surface area contributed by atoms with Crippen molar-refractivity contribution in [3.63, 3.8) is 0 Å². The molecule has 0 aromatic heterocycles. The van der Waals surface area contributed by atoms with E-state index >= 15 is 0 Å². The van der Waals surface area contributed by atoms with Gasteiger partial charge >= 0.3 is 32.7 Å². The third kappa shape index (κ3) is 27.7. The summed E-state index contributed by atoms with van der Waals surface area (Å²) in [6.45, 7) is 27.1. The number of aliphatic imine (C=N–C) groups is 3. The summed E-state index contributed by atoms with van der Waals surface area (Å²) in [5.41, 5.74) is 0. The Morgan fingerprint density at radius 2 is 0.607 bits per heavy atom. The van der Waals surface area contributed by atoms with Gasteiger partial charge in [0.2, 0.25) is 0 Å². The van der Waals surface area contributed by atoms with Crippen LogP contribution in [0.2, 0.25) is 0 Å². The van der Waals surface area contributed by atoms with Crippen molar-refractivity contribution in [3.8, 4) is 0 Å². The summed E-state index contributed by atoms with van der Waals surface area (Å²) >= 11 is 0. The largest absolute Gasteiger partial charge is 3.00 e. The predicted octanol–water partition coefficient (Wildman–Crippen LogP) is 3.76. The molecule has 0 fully saturated rings. The van der Waals surface area contributed by atoms with Crippen LogP contribution in [0.15, 0.2) is 15.0 Å². The van der Waals surface area contributed by atoms with Crippen LogP contribution in [-0.4, -0.2) is 92.6 Å². The molecule has 0 amide bonds. The standard InChI is InChI=1S/3C7H15N2.Y/c3*1-4-8-7-9(5-2)6-3;/h3*4-6H2,1-3H3;/q3*-1;+3. The molecule has 162 valence electrons. The molecule has 0 rings (SSSR count). The fourth-order valence-corrected chi connectivity index (χ4v) is 1.61. The van der Waals surface area contributed by atoms with Crippen molar-refractivity contribution in [1.29, 1.82) is 0 Å². The second-order valence-corrected chi connectivity index (χ2v) is 5.24. The van der Waals surface area contributed by atoms with Crippen LogP contribution in [0.3, 0.4) is 0 Å². The maximum atomic E-state index is 3.99. The fraction of sp³-hybridized carbons (Fsp3) is 0.857. The van der Waals surface area contributed by atoms with E-state index in [-0.39, 0.29) is 32.7 Å². The van der Waals surface area contributed by atoms with Crippen LogP contribution in [0.4, 0.5) is 0 Å². The molecule has 0 radical (unpaired) electrons. The molecular weight excluding hydrogens is 425 g/mol. The van der Waals surface area contributed by atoms with Gasteiger partial charge in [0.1, 0.15) is 0 Å². The SMILES string of the molecule is CCN=[C-]N(CC)CC.CCN=[C-]N(CC)CC.CCN=[C-]N(CC)CC.[Y+3]. The zero-order chi connectivity index (χ0) is 21.3. The van der Waals surface area contributed by atoms with E-state index in [0.717, 1.165) is 58.9 Å². The minimum Gasteiger partial charge on any atom is -0.538 e. The number of hydrogen-bond donors (Lipinski definition) is 0. The van der Waals surface area contributed by atoms with Gasteiger partial charge < -0.3 is 29.7 Å². The maximum Gasteiger partial charge on any atom is 3.00 e. The number of rotatable bonds is 12. The second-order valence-electron chi connectivity index (χ2n) is 5.24. The van der Waals surface area contributed by atoms with Gasteiger partial charge in [0, 0.05) is 0 Å². The summed E-state index contributed by atoms with van der Waals surface area (Å²) in [4.78, 5) is 18.1. The monoisotopic (exact) mass is 470 g/mol. The minimum absolute atomic E-state index is 0. The Bertz CT molecular complexity index is 283. The summed E-state index contributed by atoms with van der Waals surface area (Å²) in [6, 6.07) is 0. The molecule has 0 aromatic rings. The van der Waals surface area contributed by atoms with E-state index in [4.69, 9.17) is 0 Å². The maximum absolute atomic E-state index is 3.99. The summed E-state index contributed by atoms with van der Waals surface area (Å²) in [5, 5.41) is 0. The molecule has 6 nitrogen and oxygen atoms in total. The number of hydrogen-bond acceptors (Lipinski definition) is 3. The van der Waals surface area contributed by atoms with E-state index in [0.29, 0.717) is 0 Å². The van der Waals surface area contributed by atoms with Crippen LogP contribution < -0.4 is 0 Å². The molecule has 0 spiro atoms. The Morgan fingerprint density at radius 3 is 0.714 bits per heavy atom. The first-order chi connectivity index (χ1) is 13.0. The molecule has 0 aliphatic carbocycles. The first-order valence-corrected chi connectivity index (χ1v) is 10.6. The van der Waals surface area contributed by atoms with Gasteiger partial charge in [-0.25, -0.2) is 0 Å². The minimum atomic E-state index is 0. The number of nitrogens with zero attached hydrogens (tertiary/aromatic N) is 6. The molecule has 0 atom stereocenters. The van der Waals surface area contributed by atoms with Gasteiger partial charge in [0.15, 0.2) is 0 Å². The van der Waals surface area contributed by atoms with E-state index in [9.17, 15) is 0 Å². The van der Waals surface area contributed by atoms with Gasteiger partial charge in [-0.2, -0.15) is 0 Å². The smallest absolute Gasteiger partial charge is 0.538 e. The molecule has 0 saturated carbocycles. The van der Waals surface area contributed by atoms with Crippen molar-refractivity contribution in [2.75, 3.05) is 58.9 Å². The van der Waals surface area contributed by atoms with Crippen LogP contribution in [0.5, 0.6) is 0 Å². The van der Waals surface area contributed by atoms with E-state index in [1.54, 1.807) is 0 Å². The van der Waals surface area contributed by atoms with Crippen LogP contribution in [0.1, 0.15) is 62.3 Å². The normalized spacial score (nSPS) is 10.2. The van der Waals surface area contributed by atoms with Gasteiger partial charge in [-0.15, -0.1) is 0 Å². The molecule has 0 aliphatic rings. The van der Waals surface area contributed by atoms with Crippen LogP contribution in [0.25, 0.3) is 0 Å². The molecule has 0 aromatic carbocycles. The van der Waals surface area contributed by atoms with E-state index in [2.05, 4.69) is 75.5 Å². The molecule has 28 heavy (non-hydrogen) atoms. The summed E-state index contributed by atoms with van der Waals surface area (Å²) in [7, 11) is 0. The Hall–Kier alpha value is -0.486. The molecule has 0 heterocycles. The zero-order valence-corrected chi connectivity index (χ0v) is 23.0. The molecule has 0 unspecified atom stereocenters. The molecule has 7 heteroatoms. The topological polar surface area (TPSA) is 46.8 Å². The average Bonchev–Trinajstić information content (AvgIpc) is 2.71. The quantitative estimate of drug-likeness (QED) is 0.189. The van der Waals surface area contributed by atoms with Gasteiger partial charge in [0.05, 0.1) is 0 Å². The van der Waals surface area contributed by atoms with Crippen LogP contribution >= 0.6 is 0 Å². The first-order valence-electron chi connectivity index (χ1n) is 10.6. The van der Waals surface area contributed by atoms with Gasteiger partial charge in [0.25, 0.3) is 0 Å². The zero-order valence-electron chi connectivity index (χ0n) is 20.1. The summed E-state index contributed by atoms with van der Waals surface area (Å²) in [6.07, 6.45) is 8.78. The van der Waals surface area contributed by atoms with Crippen molar-refractivity contribution in [1.82, 2.24) is 14.7 Å².